The number of carbonyl (C=O) groups is 1. The Morgan fingerprint density at radius 1 is 1.58 bits per heavy atom. The Bertz CT molecular complexity index is 356. The van der Waals surface area contributed by atoms with Crippen molar-refractivity contribution >= 4 is 18.2 Å². The van der Waals surface area contributed by atoms with Crippen LogP contribution in [0.5, 0.6) is 0 Å². The first kappa shape index (κ1) is 8.93. The molecule has 1 heterocycles. The van der Waals surface area contributed by atoms with E-state index in [-0.39, 0.29) is 5.97 Å². The number of aromatic nitrogens is 1. The normalized spacial score (nSPS) is 9.50. The van der Waals surface area contributed by atoms with Gasteiger partial charge in [0, 0.05) is 13.2 Å². The number of ether oxygens (including phenoxy) is 1. The van der Waals surface area contributed by atoms with Crippen LogP contribution in [0.3, 0.4) is 0 Å². The molecule has 0 aliphatic heterocycles. The Balaban J connectivity index is 3.13. The van der Waals surface area contributed by atoms with Crippen molar-refractivity contribution in [1.29, 1.82) is 0 Å². The van der Waals surface area contributed by atoms with E-state index in [9.17, 15) is 4.79 Å². The van der Waals surface area contributed by atoms with Gasteiger partial charge < -0.3 is 9.30 Å². The number of esters is 1. The first-order valence-electron chi connectivity index (χ1n) is 3.40. The van der Waals surface area contributed by atoms with Gasteiger partial charge in [0.2, 0.25) is 0 Å². The van der Waals surface area contributed by atoms with E-state index < -0.39 is 0 Å². The monoisotopic (exact) mass is 183 g/mol. The zero-order valence-corrected chi connectivity index (χ0v) is 7.72. The minimum Gasteiger partial charge on any atom is -0.465 e. The van der Waals surface area contributed by atoms with Crippen LogP contribution < -0.4 is 0 Å². The van der Waals surface area contributed by atoms with Gasteiger partial charge in [0.25, 0.3) is 0 Å². The number of hydrogen-bond donors (Lipinski definition) is 0. The van der Waals surface area contributed by atoms with Crippen LogP contribution in [-0.4, -0.2) is 17.6 Å². The van der Waals surface area contributed by atoms with Gasteiger partial charge in [0.15, 0.2) is 0 Å². The van der Waals surface area contributed by atoms with Gasteiger partial charge in [-0.05, 0) is 12.1 Å². The highest BCUT2D eigenvalue weighted by Gasteiger charge is 2.03. The van der Waals surface area contributed by atoms with Gasteiger partial charge in [0.05, 0.1) is 12.7 Å². The van der Waals surface area contributed by atoms with E-state index in [0.29, 0.717) is 10.2 Å². The second-order valence-electron chi connectivity index (χ2n) is 2.36. The lowest BCUT2D eigenvalue weighted by Crippen LogP contribution is -2.04. The fourth-order valence-electron chi connectivity index (χ4n) is 0.833. The molecule has 0 atom stereocenters. The van der Waals surface area contributed by atoms with Crippen molar-refractivity contribution < 1.29 is 9.53 Å². The van der Waals surface area contributed by atoms with Crippen LogP contribution in [0.4, 0.5) is 0 Å². The van der Waals surface area contributed by atoms with Crippen LogP contribution in [-0.2, 0) is 11.8 Å². The maximum absolute atomic E-state index is 11.0. The van der Waals surface area contributed by atoms with Gasteiger partial charge in [-0.3, -0.25) is 0 Å². The van der Waals surface area contributed by atoms with E-state index >= 15 is 0 Å². The lowest BCUT2D eigenvalue weighted by atomic mass is 10.3. The van der Waals surface area contributed by atoms with Crippen molar-refractivity contribution in [1.82, 2.24) is 4.57 Å². The Labute approximate surface area is 75.6 Å². The second-order valence-corrected chi connectivity index (χ2v) is 2.78. The predicted molar refractivity (Wildman–Crippen MR) is 47.6 cm³/mol. The van der Waals surface area contributed by atoms with E-state index in [1.807, 2.05) is 0 Å². The Hall–Kier alpha value is -1.16. The number of pyridine rings is 1. The molecule has 0 bridgehead atoms. The minimum atomic E-state index is -0.347. The maximum atomic E-state index is 11.0. The fraction of sp³-hybridized carbons (Fsp3) is 0.250. The summed E-state index contributed by atoms with van der Waals surface area (Å²) in [6.07, 6.45) is 1.65. The number of rotatable bonds is 1. The summed E-state index contributed by atoms with van der Waals surface area (Å²) in [6, 6.07) is 3.34. The van der Waals surface area contributed by atoms with E-state index in [0.717, 1.165) is 0 Å². The quantitative estimate of drug-likeness (QED) is 0.489. The molecule has 0 radical (unpaired) electrons. The summed E-state index contributed by atoms with van der Waals surface area (Å²) in [6.45, 7) is 0. The van der Waals surface area contributed by atoms with Crippen LogP contribution in [0.25, 0.3) is 0 Å². The van der Waals surface area contributed by atoms with E-state index in [4.69, 9.17) is 12.2 Å². The molecule has 12 heavy (non-hydrogen) atoms. The molecule has 0 saturated carbocycles. The molecule has 0 unspecified atom stereocenters. The third-order valence-electron chi connectivity index (χ3n) is 1.51. The summed E-state index contributed by atoms with van der Waals surface area (Å²) in [7, 11) is 3.14. The molecule has 0 fully saturated rings. The zero-order valence-electron chi connectivity index (χ0n) is 6.90. The number of carbonyl (C=O) groups excluding carboxylic acids is 1. The standard InChI is InChI=1S/C8H9NO2S/c1-9-5-6(8(10)11-2)3-4-7(9)12/h3-5H,1-2H3. The van der Waals surface area contributed by atoms with Crippen LogP contribution in [0, 0.1) is 4.64 Å². The first-order chi connectivity index (χ1) is 5.65. The van der Waals surface area contributed by atoms with E-state index in [1.54, 1.807) is 29.9 Å². The van der Waals surface area contributed by atoms with Gasteiger partial charge in [0.1, 0.15) is 4.64 Å². The third-order valence-corrected chi connectivity index (χ3v) is 1.93. The van der Waals surface area contributed by atoms with Gasteiger partial charge in [-0.15, -0.1) is 0 Å². The Morgan fingerprint density at radius 2 is 2.25 bits per heavy atom. The van der Waals surface area contributed by atoms with E-state index in [1.165, 1.54) is 7.11 Å². The molecule has 0 amide bonds. The fourth-order valence-corrected chi connectivity index (χ4v) is 0.953. The number of aryl methyl sites for hydroxylation is 1. The van der Waals surface area contributed by atoms with E-state index in [2.05, 4.69) is 4.74 Å². The van der Waals surface area contributed by atoms with Crippen LogP contribution in [0.2, 0.25) is 0 Å². The molecule has 0 aliphatic carbocycles. The molecule has 4 heteroatoms. The van der Waals surface area contributed by atoms with Crippen molar-refractivity contribution in [3.8, 4) is 0 Å². The van der Waals surface area contributed by atoms with Crippen molar-refractivity contribution in [3.63, 3.8) is 0 Å². The predicted octanol–water partition coefficient (Wildman–Crippen LogP) is 1.54. The topological polar surface area (TPSA) is 31.2 Å². The number of methoxy groups -OCH3 is 1. The second kappa shape index (κ2) is 3.49. The molecule has 1 aromatic heterocycles. The lowest BCUT2D eigenvalue weighted by Gasteiger charge is -2.01. The van der Waals surface area contributed by atoms with Gasteiger partial charge >= 0.3 is 5.97 Å². The molecule has 1 rings (SSSR count). The molecule has 3 nitrogen and oxygen atoms in total. The largest absolute Gasteiger partial charge is 0.465 e. The summed E-state index contributed by atoms with van der Waals surface area (Å²) < 4.78 is 6.92. The summed E-state index contributed by atoms with van der Waals surface area (Å²) in [5.41, 5.74) is 0.508. The van der Waals surface area contributed by atoms with Crippen molar-refractivity contribution in [2.45, 2.75) is 0 Å². The van der Waals surface area contributed by atoms with Crippen molar-refractivity contribution in [2.24, 2.45) is 7.05 Å². The van der Waals surface area contributed by atoms with Crippen molar-refractivity contribution in [3.05, 3.63) is 28.5 Å². The Kier molecular flexibility index (Phi) is 2.60. The zero-order chi connectivity index (χ0) is 9.14. The number of nitrogens with zero attached hydrogens (tertiary/aromatic N) is 1. The summed E-state index contributed by atoms with van der Waals surface area (Å²) >= 11 is 4.95. The van der Waals surface area contributed by atoms with Crippen molar-refractivity contribution in [2.75, 3.05) is 7.11 Å². The molecule has 0 spiro atoms. The van der Waals surface area contributed by atoms with Gasteiger partial charge in [-0.25, -0.2) is 4.79 Å². The molecular weight excluding hydrogens is 174 g/mol. The van der Waals surface area contributed by atoms with Gasteiger partial charge in [-0.2, -0.15) is 0 Å². The molecule has 0 N–H and O–H groups in total. The first-order valence-corrected chi connectivity index (χ1v) is 3.81. The molecule has 0 aromatic carbocycles. The minimum absolute atomic E-state index is 0.347. The molecule has 0 saturated heterocycles. The van der Waals surface area contributed by atoms with Crippen LogP contribution in [0.1, 0.15) is 10.4 Å². The Morgan fingerprint density at radius 3 is 2.75 bits per heavy atom. The highest BCUT2D eigenvalue weighted by molar-refractivity contribution is 7.71. The number of hydrogen-bond acceptors (Lipinski definition) is 3. The summed E-state index contributed by atoms with van der Waals surface area (Å²) in [5.74, 6) is -0.347. The lowest BCUT2D eigenvalue weighted by molar-refractivity contribution is 0.0600. The average molecular weight is 183 g/mol. The van der Waals surface area contributed by atoms with Crippen LogP contribution in [0.15, 0.2) is 18.3 Å². The summed E-state index contributed by atoms with van der Waals surface area (Å²) in [5, 5.41) is 0. The smallest absolute Gasteiger partial charge is 0.339 e. The molecular formula is C8H9NO2S. The molecule has 0 aliphatic rings. The maximum Gasteiger partial charge on any atom is 0.339 e. The third kappa shape index (κ3) is 1.71. The van der Waals surface area contributed by atoms with Gasteiger partial charge in [-0.1, -0.05) is 12.2 Å². The van der Waals surface area contributed by atoms with Crippen LogP contribution >= 0.6 is 12.2 Å². The molecule has 64 valence electrons. The molecule has 1 aromatic rings. The SMILES string of the molecule is COC(=O)c1ccc(=S)n(C)c1. The summed E-state index contributed by atoms with van der Waals surface area (Å²) in [4.78, 5) is 11.0. The average Bonchev–Trinajstić information content (AvgIpc) is 2.08. The highest BCUT2D eigenvalue weighted by atomic mass is 32.1. The highest BCUT2D eigenvalue weighted by Crippen LogP contribution is 2.01.